The molecule has 1 heterocycles. The minimum absolute atomic E-state index is 0.0525. The number of rotatable bonds is 9. The third kappa shape index (κ3) is 6.61. The SMILES string of the molecule is CC(C)OC(=O)CCC[C@H]1CC[C@@H]2[C@@H](C=O)[C@H](OC(=O)c3ccc(-c4ccccc4)cc3)C[C@@H]2OC1. The van der Waals surface area contributed by atoms with Crippen LogP contribution in [0.15, 0.2) is 54.6 Å². The maximum atomic E-state index is 12.9. The van der Waals surface area contributed by atoms with Gasteiger partial charge in [0, 0.05) is 19.4 Å². The van der Waals surface area contributed by atoms with Crippen LogP contribution in [0.5, 0.6) is 0 Å². The number of fused-ring (bicyclic) bond motifs is 1. The van der Waals surface area contributed by atoms with Crippen LogP contribution in [-0.2, 0) is 23.8 Å². The molecule has 1 saturated carbocycles. The summed E-state index contributed by atoms with van der Waals surface area (Å²) in [7, 11) is 0. The van der Waals surface area contributed by atoms with Crippen LogP contribution in [0.25, 0.3) is 11.1 Å². The third-order valence-electron chi connectivity index (χ3n) is 7.32. The van der Waals surface area contributed by atoms with E-state index < -0.39 is 12.1 Å². The van der Waals surface area contributed by atoms with Crippen molar-refractivity contribution in [2.45, 2.75) is 70.7 Å². The minimum Gasteiger partial charge on any atom is -0.463 e. The maximum absolute atomic E-state index is 12.9. The highest BCUT2D eigenvalue weighted by molar-refractivity contribution is 5.90. The standard InChI is InChI=1S/C30H36O6/c1-20(2)35-29(32)10-6-7-21-11-16-25-26(18-31)28(17-27(25)34-19-21)36-30(33)24-14-12-23(13-15-24)22-8-4-3-5-9-22/h3-5,8-9,12-15,18,20-21,25-28H,6-7,10-11,16-17,19H2,1-2H3/t21-,25+,26+,27-,28+/m0/s1. The van der Waals surface area contributed by atoms with Gasteiger partial charge >= 0.3 is 11.9 Å². The number of hydrogen-bond acceptors (Lipinski definition) is 6. The van der Waals surface area contributed by atoms with Gasteiger partial charge in [0.2, 0.25) is 0 Å². The van der Waals surface area contributed by atoms with Crippen LogP contribution in [0.1, 0.15) is 62.7 Å². The molecule has 2 aromatic rings. The summed E-state index contributed by atoms with van der Waals surface area (Å²) >= 11 is 0. The summed E-state index contributed by atoms with van der Waals surface area (Å²) in [6.07, 6.45) is 4.71. The summed E-state index contributed by atoms with van der Waals surface area (Å²) in [5.41, 5.74) is 2.59. The molecule has 2 aromatic carbocycles. The fourth-order valence-electron chi connectivity index (χ4n) is 5.46. The van der Waals surface area contributed by atoms with Gasteiger partial charge in [-0.2, -0.15) is 0 Å². The number of esters is 2. The van der Waals surface area contributed by atoms with Crippen LogP contribution in [0, 0.1) is 17.8 Å². The average molecular weight is 493 g/mol. The second kappa shape index (κ2) is 12.3. The zero-order valence-electron chi connectivity index (χ0n) is 21.1. The van der Waals surface area contributed by atoms with Gasteiger partial charge in [0.05, 0.1) is 23.7 Å². The van der Waals surface area contributed by atoms with E-state index in [-0.39, 0.29) is 30.0 Å². The minimum atomic E-state index is -0.471. The van der Waals surface area contributed by atoms with Crippen molar-refractivity contribution in [2.24, 2.45) is 17.8 Å². The first-order valence-electron chi connectivity index (χ1n) is 13.1. The van der Waals surface area contributed by atoms with E-state index in [1.807, 2.05) is 56.3 Å². The number of ether oxygens (including phenoxy) is 3. The van der Waals surface area contributed by atoms with Gasteiger partial charge in [-0.1, -0.05) is 42.5 Å². The van der Waals surface area contributed by atoms with Crippen LogP contribution >= 0.6 is 0 Å². The van der Waals surface area contributed by atoms with Crippen molar-refractivity contribution in [1.82, 2.24) is 0 Å². The molecule has 4 rings (SSSR count). The van der Waals surface area contributed by atoms with Gasteiger partial charge in [0.15, 0.2) is 0 Å². The third-order valence-corrected chi connectivity index (χ3v) is 7.32. The van der Waals surface area contributed by atoms with E-state index in [0.717, 1.165) is 43.1 Å². The van der Waals surface area contributed by atoms with E-state index in [1.54, 1.807) is 12.1 Å². The highest BCUT2D eigenvalue weighted by atomic mass is 16.6. The molecule has 2 aliphatic rings. The first kappa shape index (κ1) is 26.1. The normalized spacial score (nSPS) is 25.6. The smallest absolute Gasteiger partial charge is 0.338 e. The van der Waals surface area contributed by atoms with Gasteiger partial charge < -0.3 is 19.0 Å². The quantitative estimate of drug-likeness (QED) is 0.333. The predicted octanol–water partition coefficient (Wildman–Crippen LogP) is 5.63. The summed E-state index contributed by atoms with van der Waals surface area (Å²) in [4.78, 5) is 36.7. The van der Waals surface area contributed by atoms with E-state index in [0.29, 0.717) is 30.9 Å². The fraction of sp³-hybridized carbons (Fsp3) is 0.500. The number of carbonyl (C=O) groups is 3. The Morgan fingerprint density at radius 1 is 1.03 bits per heavy atom. The molecule has 0 unspecified atom stereocenters. The molecule has 5 atom stereocenters. The molecule has 1 saturated heterocycles. The van der Waals surface area contributed by atoms with E-state index in [4.69, 9.17) is 14.2 Å². The van der Waals surface area contributed by atoms with Crippen LogP contribution in [-0.4, -0.2) is 43.1 Å². The van der Waals surface area contributed by atoms with Crippen molar-refractivity contribution >= 4 is 18.2 Å². The second-order valence-corrected chi connectivity index (χ2v) is 10.2. The first-order valence-corrected chi connectivity index (χ1v) is 13.1. The number of carbonyl (C=O) groups excluding carboxylic acids is 3. The number of hydrogen-bond donors (Lipinski definition) is 0. The Hall–Kier alpha value is -2.99. The zero-order valence-corrected chi connectivity index (χ0v) is 21.1. The van der Waals surface area contributed by atoms with Crippen LogP contribution in [0.3, 0.4) is 0 Å². The molecule has 6 nitrogen and oxygen atoms in total. The van der Waals surface area contributed by atoms with Crippen LogP contribution in [0.2, 0.25) is 0 Å². The Bertz CT molecular complexity index is 1020. The summed E-state index contributed by atoms with van der Waals surface area (Å²) < 4.78 is 17.2. The molecule has 0 aromatic heterocycles. The molecule has 192 valence electrons. The zero-order chi connectivity index (χ0) is 25.5. The molecule has 0 radical (unpaired) electrons. The predicted molar refractivity (Wildman–Crippen MR) is 136 cm³/mol. The van der Waals surface area contributed by atoms with Gasteiger partial charge in [0.25, 0.3) is 0 Å². The molecular weight excluding hydrogens is 456 g/mol. The maximum Gasteiger partial charge on any atom is 0.338 e. The molecular formula is C30H36O6. The van der Waals surface area contributed by atoms with Crippen molar-refractivity contribution in [2.75, 3.05) is 6.61 Å². The molecule has 6 heteroatoms. The Labute approximate surface area is 213 Å². The lowest BCUT2D eigenvalue weighted by Crippen LogP contribution is -2.27. The summed E-state index contributed by atoms with van der Waals surface area (Å²) in [6.45, 7) is 4.31. The van der Waals surface area contributed by atoms with Gasteiger partial charge in [-0.15, -0.1) is 0 Å². The van der Waals surface area contributed by atoms with Crippen LogP contribution in [0.4, 0.5) is 0 Å². The van der Waals surface area contributed by atoms with Crippen molar-refractivity contribution in [3.05, 3.63) is 60.2 Å². The number of aldehydes is 1. The first-order chi connectivity index (χ1) is 17.4. The Morgan fingerprint density at radius 2 is 1.75 bits per heavy atom. The summed E-state index contributed by atoms with van der Waals surface area (Å²) in [5, 5.41) is 0. The molecule has 0 bridgehead atoms. The molecule has 36 heavy (non-hydrogen) atoms. The lowest BCUT2D eigenvalue weighted by atomic mass is 9.87. The lowest BCUT2D eigenvalue weighted by molar-refractivity contribution is -0.147. The molecule has 0 spiro atoms. The van der Waals surface area contributed by atoms with Crippen LogP contribution < -0.4 is 0 Å². The molecule has 2 fully saturated rings. The van der Waals surface area contributed by atoms with E-state index in [2.05, 4.69) is 0 Å². The monoisotopic (exact) mass is 492 g/mol. The number of benzene rings is 2. The Morgan fingerprint density at radius 3 is 2.44 bits per heavy atom. The lowest BCUT2D eigenvalue weighted by Gasteiger charge is -2.20. The Balaban J connectivity index is 1.29. The summed E-state index contributed by atoms with van der Waals surface area (Å²) in [5.74, 6) is -0.510. The fourth-order valence-corrected chi connectivity index (χ4v) is 5.46. The van der Waals surface area contributed by atoms with Crippen molar-refractivity contribution < 1.29 is 28.6 Å². The average Bonchev–Trinajstić information content (AvgIpc) is 3.08. The van der Waals surface area contributed by atoms with Gasteiger partial charge in [0.1, 0.15) is 12.4 Å². The van der Waals surface area contributed by atoms with Crippen molar-refractivity contribution in [3.63, 3.8) is 0 Å². The van der Waals surface area contributed by atoms with Crippen molar-refractivity contribution in [3.8, 4) is 11.1 Å². The van der Waals surface area contributed by atoms with Gasteiger partial charge in [-0.05, 0) is 74.6 Å². The van der Waals surface area contributed by atoms with E-state index in [1.165, 1.54) is 0 Å². The van der Waals surface area contributed by atoms with Crippen molar-refractivity contribution in [1.29, 1.82) is 0 Å². The second-order valence-electron chi connectivity index (χ2n) is 10.2. The van der Waals surface area contributed by atoms with Gasteiger partial charge in [-0.25, -0.2) is 4.79 Å². The topological polar surface area (TPSA) is 78.9 Å². The molecule has 1 aliphatic carbocycles. The molecule has 1 aliphatic heterocycles. The summed E-state index contributed by atoms with van der Waals surface area (Å²) in [6, 6.07) is 17.3. The van der Waals surface area contributed by atoms with Gasteiger partial charge in [-0.3, -0.25) is 4.79 Å². The van der Waals surface area contributed by atoms with E-state index >= 15 is 0 Å². The molecule has 0 amide bonds. The highest BCUT2D eigenvalue weighted by Crippen LogP contribution is 2.42. The highest BCUT2D eigenvalue weighted by Gasteiger charge is 2.47. The molecule has 0 N–H and O–H groups in total. The Kier molecular flexibility index (Phi) is 8.92. The van der Waals surface area contributed by atoms with E-state index in [9.17, 15) is 14.4 Å². The largest absolute Gasteiger partial charge is 0.463 e.